The van der Waals surface area contributed by atoms with E-state index in [0.29, 0.717) is 10.6 Å². The van der Waals surface area contributed by atoms with Gasteiger partial charge in [0.1, 0.15) is 5.75 Å². The van der Waals surface area contributed by atoms with Crippen molar-refractivity contribution in [2.45, 2.75) is 30.5 Å². The molecule has 0 saturated carbocycles. The molecule has 0 aromatic heterocycles. The number of benzene rings is 2. The van der Waals surface area contributed by atoms with E-state index in [2.05, 4.69) is 9.44 Å². The highest BCUT2D eigenvalue weighted by Gasteiger charge is 2.20. The number of halogens is 1. The van der Waals surface area contributed by atoms with Crippen molar-refractivity contribution in [2.75, 3.05) is 11.8 Å². The third-order valence-corrected chi connectivity index (χ3v) is 6.56. The summed E-state index contributed by atoms with van der Waals surface area (Å²) in [7, 11) is -6.22. The van der Waals surface area contributed by atoms with Crippen molar-refractivity contribution in [1.29, 1.82) is 0 Å². The third-order valence-electron chi connectivity index (χ3n) is 3.41. The molecule has 7 nitrogen and oxygen atoms in total. The lowest BCUT2D eigenvalue weighted by Gasteiger charge is -2.15. The zero-order valence-corrected chi connectivity index (χ0v) is 17.5. The number of rotatable bonds is 8. The fourth-order valence-electron chi connectivity index (χ4n) is 2.32. The minimum absolute atomic E-state index is 0.0399. The summed E-state index contributed by atoms with van der Waals surface area (Å²) in [5, 5.41) is 0.501. The summed E-state index contributed by atoms with van der Waals surface area (Å²) in [5.74, 6) is -0.0904. The molecule has 0 fully saturated rings. The fourth-order valence-corrected chi connectivity index (χ4v) is 4.92. The molecule has 0 unspecified atom stereocenters. The van der Waals surface area contributed by atoms with E-state index in [-0.39, 0.29) is 28.1 Å². The van der Waals surface area contributed by atoms with Crippen LogP contribution in [0.15, 0.2) is 47.4 Å². The van der Waals surface area contributed by atoms with Crippen molar-refractivity contribution in [3.63, 3.8) is 0 Å². The molecule has 27 heavy (non-hydrogen) atoms. The number of hydrogen-bond acceptors (Lipinski definition) is 5. The average molecular weight is 433 g/mol. The van der Waals surface area contributed by atoms with Crippen molar-refractivity contribution in [3.05, 3.63) is 53.1 Å². The Morgan fingerprint density at radius 3 is 2.22 bits per heavy atom. The van der Waals surface area contributed by atoms with Gasteiger partial charge in [-0.25, -0.2) is 21.6 Å². The van der Waals surface area contributed by atoms with Crippen LogP contribution in [0.2, 0.25) is 5.02 Å². The van der Waals surface area contributed by atoms with Crippen LogP contribution in [0.5, 0.6) is 5.75 Å². The number of ether oxygens (including phenoxy) is 1. The van der Waals surface area contributed by atoms with Crippen LogP contribution in [0.3, 0.4) is 0 Å². The van der Waals surface area contributed by atoms with Gasteiger partial charge in [-0.3, -0.25) is 4.72 Å². The third kappa shape index (κ3) is 6.10. The van der Waals surface area contributed by atoms with Gasteiger partial charge in [-0.2, -0.15) is 0 Å². The Bertz CT molecular complexity index is 1000. The monoisotopic (exact) mass is 432 g/mol. The van der Waals surface area contributed by atoms with Gasteiger partial charge in [0.15, 0.2) is 0 Å². The molecule has 0 aliphatic rings. The van der Waals surface area contributed by atoms with E-state index < -0.39 is 20.0 Å². The highest BCUT2D eigenvalue weighted by Crippen LogP contribution is 2.29. The number of anilines is 1. The molecule has 2 aromatic carbocycles. The molecular weight excluding hydrogens is 412 g/mol. The maximum absolute atomic E-state index is 12.5. The van der Waals surface area contributed by atoms with E-state index in [1.165, 1.54) is 25.3 Å². The van der Waals surface area contributed by atoms with Crippen molar-refractivity contribution < 1.29 is 21.6 Å². The predicted octanol–water partition coefficient (Wildman–Crippen LogP) is 2.98. The van der Waals surface area contributed by atoms with Crippen LogP contribution in [0.25, 0.3) is 0 Å². The number of sulfonamides is 2. The maximum Gasteiger partial charge on any atom is 0.240 e. The van der Waals surface area contributed by atoms with Crippen LogP contribution >= 0.6 is 11.6 Å². The van der Waals surface area contributed by atoms with Gasteiger partial charge in [0.05, 0.1) is 23.4 Å². The van der Waals surface area contributed by atoms with E-state index >= 15 is 0 Å². The molecule has 148 valence electrons. The number of methoxy groups -OCH3 is 1. The molecule has 0 heterocycles. The Kier molecular flexibility index (Phi) is 6.74. The van der Waals surface area contributed by atoms with E-state index in [1.54, 1.807) is 38.1 Å². The van der Waals surface area contributed by atoms with Gasteiger partial charge in [0.25, 0.3) is 0 Å². The summed E-state index contributed by atoms with van der Waals surface area (Å²) in [6, 6.07) is 10.1. The molecule has 0 amide bonds. The Morgan fingerprint density at radius 2 is 1.67 bits per heavy atom. The topological polar surface area (TPSA) is 102 Å². The summed E-state index contributed by atoms with van der Waals surface area (Å²) >= 11 is 5.80. The first-order chi connectivity index (χ1) is 12.5. The second-order valence-corrected chi connectivity index (χ2v) is 10.00. The average Bonchev–Trinajstić information content (AvgIpc) is 2.55. The van der Waals surface area contributed by atoms with Gasteiger partial charge in [-0.1, -0.05) is 23.7 Å². The summed E-state index contributed by atoms with van der Waals surface area (Å²) in [4.78, 5) is -0.0683. The molecule has 10 heteroatoms. The zero-order chi connectivity index (χ0) is 20.2. The molecule has 0 bridgehead atoms. The first-order valence-corrected chi connectivity index (χ1v) is 11.5. The lowest BCUT2D eigenvalue weighted by molar-refractivity contribution is 0.416. The summed E-state index contributed by atoms with van der Waals surface area (Å²) < 4.78 is 59.7. The molecule has 0 aliphatic heterocycles. The molecule has 2 aromatic rings. The number of hydrogen-bond donors (Lipinski definition) is 2. The molecular formula is C17H21ClN2O5S2. The summed E-state index contributed by atoms with van der Waals surface area (Å²) in [5.41, 5.74) is 0.578. The van der Waals surface area contributed by atoms with Gasteiger partial charge in [-0.05, 0) is 49.7 Å². The predicted molar refractivity (Wildman–Crippen MR) is 106 cm³/mol. The van der Waals surface area contributed by atoms with Crippen LogP contribution in [-0.2, 0) is 25.8 Å². The van der Waals surface area contributed by atoms with Crippen molar-refractivity contribution in [3.8, 4) is 5.75 Å². The molecule has 2 N–H and O–H groups in total. The maximum atomic E-state index is 12.5. The van der Waals surface area contributed by atoms with E-state index in [1.807, 2.05) is 0 Å². The minimum Gasteiger partial charge on any atom is -0.495 e. The Morgan fingerprint density at radius 1 is 1.04 bits per heavy atom. The SMILES string of the molecule is COc1ccc(S(=O)(=O)NC(C)C)cc1NS(=O)(=O)Cc1ccc(Cl)cc1. The van der Waals surface area contributed by atoms with E-state index in [0.717, 1.165) is 0 Å². The lowest BCUT2D eigenvalue weighted by Crippen LogP contribution is -2.30. The Balaban J connectivity index is 2.33. The second-order valence-electron chi connectivity index (χ2n) is 6.13. The van der Waals surface area contributed by atoms with Crippen LogP contribution in [0.1, 0.15) is 19.4 Å². The number of nitrogens with one attached hydrogen (secondary N) is 2. The van der Waals surface area contributed by atoms with Crippen molar-refractivity contribution in [2.24, 2.45) is 0 Å². The van der Waals surface area contributed by atoms with Gasteiger partial charge in [0, 0.05) is 11.1 Å². The van der Waals surface area contributed by atoms with Gasteiger partial charge in [-0.15, -0.1) is 0 Å². The highest BCUT2D eigenvalue weighted by molar-refractivity contribution is 7.92. The van der Waals surface area contributed by atoms with Crippen LogP contribution in [0.4, 0.5) is 5.69 Å². The molecule has 0 saturated heterocycles. The summed E-state index contributed by atoms with van der Waals surface area (Å²) in [6.07, 6.45) is 0. The fraction of sp³-hybridized carbons (Fsp3) is 0.294. The Labute approximate surface area is 164 Å². The first kappa shape index (κ1) is 21.5. The lowest BCUT2D eigenvalue weighted by atomic mass is 10.2. The quantitative estimate of drug-likeness (QED) is 0.667. The normalized spacial score (nSPS) is 12.2. The second kappa shape index (κ2) is 8.47. The zero-order valence-electron chi connectivity index (χ0n) is 15.1. The van der Waals surface area contributed by atoms with Crippen molar-refractivity contribution in [1.82, 2.24) is 4.72 Å². The molecule has 0 atom stereocenters. The van der Waals surface area contributed by atoms with Crippen molar-refractivity contribution >= 4 is 37.3 Å². The molecule has 0 aliphatic carbocycles. The summed E-state index contributed by atoms with van der Waals surface area (Å²) in [6.45, 7) is 3.38. The van der Waals surface area contributed by atoms with Crippen LogP contribution < -0.4 is 14.2 Å². The molecule has 0 spiro atoms. The van der Waals surface area contributed by atoms with E-state index in [4.69, 9.17) is 16.3 Å². The van der Waals surface area contributed by atoms with Crippen LogP contribution in [-0.4, -0.2) is 30.0 Å². The van der Waals surface area contributed by atoms with Crippen LogP contribution in [0, 0.1) is 0 Å². The highest BCUT2D eigenvalue weighted by atomic mass is 35.5. The van der Waals surface area contributed by atoms with E-state index in [9.17, 15) is 16.8 Å². The largest absolute Gasteiger partial charge is 0.495 e. The van der Waals surface area contributed by atoms with Gasteiger partial charge < -0.3 is 4.74 Å². The first-order valence-electron chi connectivity index (χ1n) is 7.98. The Hall–Kier alpha value is -1.81. The smallest absolute Gasteiger partial charge is 0.240 e. The van der Waals surface area contributed by atoms with Gasteiger partial charge in [0.2, 0.25) is 20.0 Å². The molecule has 2 rings (SSSR count). The minimum atomic E-state index is -3.81. The molecule has 0 radical (unpaired) electrons. The van der Waals surface area contributed by atoms with Gasteiger partial charge >= 0.3 is 0 Å². The standard InChI is InChI=1S/C17H21ClN2O5S2/c1-12(2)19-27(23,24)15-8-9-17(25-3)16(10-15)20-26(21,22)11-13-4-6-14(18)7-5-13/h4-10,12,19-20H,11H2,1-3H3.